The molecule has 2 atom stereocenters. The van der Waals surface area contributed by atoms with Crippen molar-refractivity contribution in [1.29, 1.82) is 0 Å². The smallest absolute Gasteiger partial charge is 0.352 e. The molecule has 5 rings (SSSR count). The number of nitrogens with zero attached hydrogens (tertiary/aromatic N) is 6. The lowest BCUT2D eigenvalue weighted by Crippen LogP contribution is -2.71. The van der Waals surface area contributed by atoms with E-state index in [9.17, 15) is 34.5 Å². The lowest BCUT2D eigenvalue weighted by atomic mass is 10.0. The van der Waals surface area contributed by atoms with Crippen LogP contribution in [0.25, 0.3) is 11.4 Å². The highest BCUT2D eigenvalue weighted by Crippen LogP contribution is 2.40. The number of aromatic nitrogens is 5. The summed E-state index contributed by atoms with van der Waals surface area (Å²) in [6.07, 6.45) is 0. The lowest BCUT2D eigenvalue weighted by molar-refractivity contribution is -0.150. The number of nitrogens with two attached hydrogens (primary N) is 1. The van der Waals surface area contributed by atoms with Crippen molar-refractivity contribution in [3.8, 4) is 22.9 Å². The van der Waals surface area contributed by atoms with Crippen LogP contribution >= 0.6 is 23.1 Å². The molecule has 1 aromatic carbocycles. The molecule has 4 heterocycles. The first-order valence-electron chi connectivity index (χ1n) is 10.4. The summed E-state index contributed by atoms with van der Waals surface area (Å²) in [5.41, 5.74) is 5.78. The molecule has 0 aliphatic carbocycles. The zero-order valence-electron chi connectivity index (χ0n) is 18.4. The Labute approximate surface area is 214 Å². The first-order valence-corrected chi connectivity index (χ1v) is 12.3. The maximum Gasteiger partial charge on any atom is 0.352 e. The number of nitrogens with one attached hydrogen (secondary N) is 1. The molecule has 190 valence electrons. The molecule has 0 radical (unpaired) electrons. The van der Waals surface area contributed by atoms with E-state index in [0.29, 0.717) is 11.1 Å². The van der Waals surface area contributed by atoms with Crippen LogP contribution in [0.15, 0.2) is 34.8 Å². The average Bonchev–Trinajstić information content (AvgIpc) is 3.52. The lowest BCUT2D eigenvalue weighted by Gasteiger charge is -2.49. The van der Waals surface area contributed by atoms with Crippen molar-refractivity contribution in [2.45, 2.75) is 18.0 Å². The number of hydrogen-bond acceptors (Lipinski definition) is 13. The minimum Gasteiger partial charge on any atom is -0.504 e. The molecule has 0 spiro atoms. The van der Waals surface area contributed by atoms with Crippen LogP contribution in [0.2, 0.25) is 0 Å². The highest BCUT2D eigenvalue weighted by atomic mass is 32.2. The Morgan fingerprint density at radius 3 is 2.68 bits per heavy atom. The van der Waals surface area contributed by atoms with Crippen LogP contribution in [0, 0.1) is 0 Å². The molecular formula is C20H16N8O7S2. The molecule has 0 saturated carbocycles. The van der Waals surface area contributed by atoms with Gasteiger partial charge in [0.05, 0.1) is 6.54 Å². The van der Waals surface area contributed by atoms with E-state index in [0.717, 1.165) is 21.0 Å². The number of carboxylic acid groups (broad SMARTS) is 1. The molecule has 1 fully saturated rings. The van der Waals surface area contributed by atoms with E-state index in [1.807, 2.05) is 0 Å². The number of Topliss-reactive ketones (excluding diaryl/α,β-unsaturated/α-hetero) is 1. The van der Waals surface area contributed by atoms with Crippen LogP contribution in [-0.2, 0) is 20.9 Å². The minimum atomic E-state index is -1.35. The summed E-state index contributed by atoms with van der Waals surface area (Å²) >= 11 is 2.20. The van der Waals surface area contributed by atoms with Crippen molar-refractivity contribution in [3.63, 3.8) is 0 Å². The summed E-state index contributed by atoms with van der Waals surface area (Å²) in [4.78, 5) is 55.5. The Kier molecular flexibility index (Phi) is 6.00. The van der Waals surface area contributed by atoms with Crippen molar-refractivity contribution >= 4 is 51.8 Å². The summed E-state index contributed by atoms with van der Waals surface area (Å²) in [6.45, 7) is -0.0943. The number of carbonyl (C=O) groups excluding carboxylic acids is 3. The highest BCUT2D eigenvalue weighted by molar-refractivity contribution is 8.00. The quantitative estimate of drug-likeness (QED) is 0.109. The van der Waals surface area contributed by atoms with E-state index in [1.54, 1.807) is 0 Å². The average molecular weight is 545 g/mol. The van der Waals surface area contributed by atoms with Gasteiger partial charge in [-0.05, 0) is 29.0 Å². The number of β-lactam (4-membered cyclic amide) rings is 1. The molecule has 6 N–H and O–H groups in total. The number of tetrazole rings is 1. The molecule has 0 unspecified atom stereocenters. The van der Waals surface area contributed by atoms with Gasteiger partial charge in [0, 0.05) is 16.7 Å². The number of phenols is 2. The molecule has 2 amide bonds. The summed E-state index contributed by atoms with van der Waals surface area (Å²) < 4.78 is 0. The van der Waals surface area contributed by atoms with Crippen LogP contribution in [0.4, 0.5) is 5.13 Å². The van der Waals surface area contributed by atoms with E-state index in [-0.39, 0.29) is 46.1 Å². The molecule has 2 aliphatic heterocycles. The standard InChI is InChI=1S/C20H16N8O7S2/c21-20-22-9(6-37-20)14(31)16(32)23-12-17(33)28-13(19(34)35)8(5-36-18(12)28)4-27-25-15(24-26-27)7-1-2-10(29)11(30)3-7/h1-3,6,12,18,29-30H,4-5H2,(H2,21,22)(H,23,32)(H,34,35)/t12-,18-/m1/s1. The van der Waals surface area contributed by atoms with Crippen LogP contribution in [0.5, 0.6) is 11.5 Å². The summed E-state index contributed by atoms with van der Waals surface area (Å²) in [7, 11) is 0. The van der Waals surface area contributed by atoms with Gasteiger partial charge in [0.25, 0.3) is 17.6 Å². The van der Waals surface area contributed by atoms with Crippen LogP contribution in [-0.4, -0.2) is 86.1 Å². The minimum absolute atomic E-state index is 0.0943. The van der Waals surface area contributed by atoms with Crippen LogP contribution in [0.3, 0.4) is 0 Å². The van der Waals surface area contributed by atoms with Crippen molar-refractivity contribution < 1.29 is 34.5 Å². The van der Waals surface area contributed by atoms with Gasteiger partial charge in [-0.1, -0.05) is 0 Å². The fourth-order valence-corrected chi connectivity index (χ4v) is 5.66. The molecular weight excluding hydrogens is 528 g/mol. The monoisotopic (exact) mass is 544 g/mol. The SMILES string of the molecule is Nc1nc(C(=O)C(=O)N[C@@H]2C(=O)N3C(C(=O)O)=C(Cn4nnc(-c5ccc(O)c(O)c5)n4)CS[C@H]23)cs1. The number of aromatic hydroxyl groups is 2. The number of anilines is 1. The van der Waals surface area contributed by atoms with E-state index >= 15 is 0 Å². The molecule has 15 nitrogen and oxygen atoms in total. The Balaban J connectivity index is 1.32. The maximum atomic E-state index is 12.8. The molecule has 2 aliphatic rings. The van der Waals surface area contributed by atoms with Crippen molar-refractivity contribution in [2.75, 3.05) is 11.5 Å². The Hall–Kier alpha value is -4.51. The number of nitrogen functional groups attached to an aromatic ring is 1. The number of phenolic OH excluding ortho intramolecular Hbond substituents is 2. The highest BCUT2D eigenvalue weighted by Gasteiger charge is 2.54. The first kappa shape index (κ1) is 24.2. The van der Waals surface area contributed by atoms with Gasteiger partial charge in [-0.3, -0.25) is 19.3 Å². The number of carbonyl (C=O) groups is 4. The summed E-state index contributed by atoms with van der Waals surface area (Å²) in [5, 5.41) is 44.0. The van der Waals surface area contributed by atoms with E-state index in [1.165, 1.54) is 35.3 Å². The summed E-state index contributed by atoms with van der Waals surface area (Å²) in [5.74, 6) is -4.41. The first-order chi connectivity index (χ1) is 17.6. The van der Waals surface area contributed by atoms with E-state index < -0.39 is 35.0 Å². The largest absolute Gasteiger partial charge is 0.504 e. The third-order valence-corrected chi connectivity index (χ3v) is 7.53. The summed E-state index contributed by atoms with van der Waals surface area (Å²) in [6, 6.07) is 2.90. The fraction of sp³-hybridized carbons (Fsp3) is 0.200. The van der Waals surface area contributed by atoms with E-state index in [2.05, 4.69) is 25.7 Å². The maximum absolute atomic E-state index is 12.8. The predicted octanol–water partition coefficient (Wildman–Crippen LogP) is -0.588. The fourth-order valence-electron chi connectivity index (χ4n) is 3.78. The number of thiazole rings is 1. The third-order valence-electron chi connectivity index (χ3n) is 5.52. The van der Waals surface area contributed by atoms with Gasteiger partial charge in [-0.25, -0.2) is 9.78 Å². The molecule has 37 heavy (non-hydrogen) atoms. The number of aliphatic carboxylic acids is 1. The molecule has 17 heteroatoms. The number of hydrogen-bond donors (Lipinski definition) is 5. The Morgan fingerprint density at radius 2 is 2.00 bits per heavy atom. The number of fused-ring (bicyclic) bond motifs is 1. The van der Waals surface area contributed by atoms with Crippen LogP contribution < -0.4 is 11.1 Å². The normalized spacial score (nSPS) is 18.8. The van der Waals surface area contributed by atoms with Gasteiger partial charge in [0.1, 0.15) is 22.8 Å². The number of thioether (sulfide) groups is 1. The van der Waals surface area contributed by atoms with E-state index in [4.69, 9.17) is 5.73 Å². The van der Waals surface area contributed by atoms with Gasteiger partial charge in [0.15, 0.2) is 16.6 Å². The number of ketones is 1. The van der Waals surface area contributed by atoms with Crippen molar-refractivity contribution in [1.82, 2.24) is 35.4 Å². The van der Waals surface area contributed by atoms with Gasteiger partial charge >= 0.3 is 5.97 Å². The van der Waals surface area contributed by atoms with Gasteiger partial charge < -0.3 is 26.4 Å². The second-order valence-electron chi connectivity index (χ2n) is 7.87. The number of carboxylic acids is 1. The van der Waals surface area contributed by atoms with Gasteiger partial charge in [0.2, 0.25) is 5.82 Å². The predicted molar refractivity (Wildman–Crippen MR) is 127 cm³/mol. The topological polar surface area (TPSA) is 227 Å². The number of rotatable bonds is 7. The van der Waals surface area contributed by atoms with Gasteiger partial charge in [-0.15, -0.1) is 33.3 Å². The second-order valence-corrected chi connectivity index (χ2v) is 9.86. The Bertz CT molecular complexity index is 1500. The van der Waals surface area contributed by atoms with Gasteiger partial charge in [-0.2, -0.15) is 4.80 Å². The molecule has 2 aromatic heterocycles. The number of amides is 2. The van der Waals surface area contributed by atoms with Crippen molar-refractivity contribution in [3.05, 3.63) is 40.5 Å². The van der Waals surface area contributed by atoms with Crippen molar-refractivity contribution in [2.24, 2.45) is 0 Å². The molecule has 3 aromatic rings. The second kappa shape index (κ2) is 9.17. The number of benzene rings is 1. The zero-order valence-corrected chi connectivity index (χ0v) is 20.1. The van der Waals surface area contributed by atoms with Crippen LogP contribution in [0.1, 0.15) is 10.5 Å². The zero-order chi connectivity index (χ0) is 26.4. The molecule has 1 saturated heterocycles. The molecule has 0 bridgehead atoms. The third kappa shape index (κ3) is 4.33. The Morgan fingerprint density at radius 1 is 1.22 bits per heavy atom.